The van der Waals surface area contributed by atoms with E-state index in [0.717, 1.165) is 11.3 Å². The van der Waals surface area contributed by atoms with Gasteiger partial charge in [0.05, 0.1) is 12.8 Å². The Hall–Kier alpha value is -3.61. The fourth-order valence-corrected chi connectivity index (χ4v) is 2.38. The molecule has 2 aromatic carbocycles. The largest absolute Gasteiger partial charge is 0.497 e. The van der Waals surface area contributed by atoms with Crippen molar-refractivity contribution in [2.24, 2.45) is 0 Å². The molecule has 0 unspecified atom stereocenters. The molecule has 0 aliphatic carbocycles. The summed E-state index contributed by atoms with van der Waals surface area (Å²) in [7, 11) is 1.59. The van der Waals surface area contributed by atoms with E-state index in [1.807, 2.05) is 24.3 Å². The second kappa shape index (κ2) is 6.88. The number of hydrogen-bond donors (Lipinski definition) is 4. The molecule has 1 heterocycles. The molecule has 3 aromatic rings. The number of aromatic nitrogens is 2. The summed E-state index contributed by atoms with van der Waals surface area (Å²) >= 11 is 0. The lowest BCUT2D eigenvalue weighted by Gasteiger charge is -2.12. The highest BCUT2D eigenvalue weighted by molar-refractivity contribution is 6.14. The zero-order valence-corrected chi connectivity index (χ0v) is 13.7. The Labute approximate surface area is 145 Å². The average molecular weight is 334 g/mol. The molecule has 0 bridgehead atoms. The third-order valence-corrected chi connectivity index (χ3v) is 3.63. The van der Waals surface area contributed by atoms with Crippen LogP contribution in [0.25, 0.3) is 0 Å². The van der Waals surface area contributed by atoms with Crippen molar-refractivity contribution in [3.63, 3.8) is 0 Å². The molecule has 7 heteroatoms. The predicted octanol–water partition coefficient (Wildman–Crippen LogP) is 2.81. The Morgan fingerprint density at radius 3 is 2.72 bits per heavy atom. The molecule has 25 heavy (non-hydrogen) atoms. The van der Waals surface area contributed by atoms with Crippen LogP contribution < -0.4 is 21.5 Å². The van der Waals surface area contributed by atoms with Crippen LogP contribution in [0.1, 0.15) is 11.1 Å². The first kappa shape index (κ1) is 16.3. The van der Waals surface area contributed by atoms with Crippen LogP contribution in [0.2, 0.25) is 0 Å². The number of nitrogen functional groups attached to an aromatic ring is 2. The van der Waals surface area contributed by atoms with E-state index in [1.54, 1.807) is 37.6 Å². The van der Waals surface area contributed by atoms with Gasteiger partial charge in [0.15, 0.2) is 0 Å². The van der Waals surface area contributed by atoms with Crippen LogP contribution in [0.5, 0.6) is 5.75 Å². The molecule has 0 amide bonds. The van der Waals surface area contributed by atoms with Gasteiger partial charge in [-0.05, 0) is 36.4 Å². The zero-order valence-electron chi connectivity index (χ0n) is 13.7. The minimum atomic E-state index is 0.185. The second-order valence-corrected chi connectivity index (χ2v) is 5.33. The summed E-state index contributed by atoms with van der Waals surface area (Å²) in [6, 6.07) is 14.4. The van der Waals surface area contributed by atoms with Gasteiger partial charge < -0.3 is 21.5 Å². The van der Waals surface area contributed by atoms with Gasteiger partial charge in [-0.1, -0.05) is 12.1 Å². The second-order valence-electron chi connectivity index (χ2n) is 5.33. The molecule has 7 nitrogen and oxygen atoms in total. The third kappa shape index (κ3) is 3.66. The summed E-state index contributed by atoms with van der Waals surface area (Å²) in [5, 5.41) is 11.6. The maximum atomic E-state index is 8.48. The average Bonchev–Trinajstić information content (AvgIpc) is 2.63. The van der Waals surface area contributed by atoms with Crippen molar-refractivity contribution in [3.8, 4) is 5.75 Å². The van der Waals surface area contributed by atoms with Gasteiger partial charge in [0.2, 0.25) is 5.95 Å². The minimum Gasteiger partial charge on any atom is -0.497 e. The maximum absolute atomic E-state index is 8.48. The van der Waals surface area contributed by atoms with Crippen molar-refractivity contribution in [3.05, 3.63) is 65.9 Å². The van der Waals surface area contributed by atoms with E-state index in [2.05, 4.69) is 15.3 Å². The Bertz CT molecular complexity index is 925. The van der Waals surface area contributed by atoms with Crippen LogP contribution >= 0.6 is 0 Å². The smallest absolute Gasteiger partial charge is 0.221 e. The summed E-state index contributed by atoms with van der Waals surface area (Å²) in [5.41, 5.74) is 14.6. The highest BCUT2D eigenvalue weighted by Crippen LogP contribution is 2.24. The van der Waals surface area contributed by atoms with Gasteiger partial charge in [-0.3, -0.25) is 5.41 Å². The fraction of sp³-hybridized carbons (Fsp3) is 0.0556. The number of nitrogens with two attached hydrogens (primary N) is 2. The van der Waals surface area contributed by atoms with E-state index in [9.17, 15) is 0 Å². The molecule has 0 aliphatic rings. The van der Waals surface area contributed by atoms with Crippen molar-refractivity contribution in [1.82, 2.24) is 9.97 Å². The minimum absolute atomic E-state index is 0.185. The molecule has 0 saturated carbocycles. The van der Waals surface area contributed by atoms with Crippen molar-refractivity contribution in [2.75, 3.05) is 23.9 Å². The van der Waals surface area contributed by atoms with Gasteiger partial charge in [0.25, 0.3) is 0 Å². The molecule has 1 aromatic heterocycles. The molecule has 3 rings (SSSR count). The van der Waals surface area contributed by atoms with Crippen LogP contribution in [0.4, 0.5) is 23.1 Å². The number of hydrogen-bond acceptors (Lipinski definition) is 7. The Kier molecular flexibility index (Phi) is 4.47. The Balaban J connectivity index is 1.92. The summed E-state index contributed by atoms with van der Waals surface area (Å²) in [6.45, 7) is 0. The topological polar surface area (TPSA) is 123 Å². The highest BCUT2D eigenvalue weighted by atomic mass is 16.5. The van der Waals surface area contributed by atoms with Crippen molar-refractivity contribution >= 4 is 28.9 Å². The van der Waals surface area contributed by atoms with E-state index in [-0.39, 0.29) is 5.95 Å². The van der Waals surface area contributed by atoms with Gasteiger partial charge in [-0.2, -0.15) is 4.98 Å². The van der Waals surface area contributed by atoms with E-state index < -0.39 is 0 Å². The van der Waals surface area contributed by atoms with E-state index in [4.69, 9.17) is 21.6 Å². The number of ether oxygens (including phenoxy) is 1. The third-order valence-electron chi connectivity index (χ3n) is 3.63. The molecular weight excluding hydrogens is 316 g/mol. The zero-order chi connectivity index (χ0) is 17.8. The number of nitrogens with zero attached hydrogens (tertiary/aromatic N) is 2. The number of rotatable bonds is 5. The first-order chi connectivity index (χ1) is 12.1. The van der Waals surface area contributed by atoms with Crippen LogP contribution in [0.3, 0.4) is 0 Å². The number of nitrogens with one attached hydrogen (secondary N) is 2. The lowest BCUT2D eigenvalue weighted by molar-refractivity contribution is 0.414. The molecule has 0 atom stereocenters. The molecular formula is C18H18N6O. The number of anilines is 4. The monoisotopic (exact) mass is 334 g/mol. The van der Waals surface area contributed by atoms with E-state index in [1.165, 1.54) is 0 Å². The van der Waals surface area contributed by atoms with Crippen LogP contribution in [0.15, 0.2) is 54.7 Å². The lowest BCUT2D eigenvalue weighted by Crippen LogP contribution is -2.07. The Morgan fingerprint density at radius 2 is 1.96 bits per heavy atom. The van der Waals surface area contributed by atoms with E-state index >= 15 is 0 Å². The molecule has 0 radical (unpaired) electrons. The van der Waals surface area contributed by atoms with Crippen molar-refractivity contribution in [1.29, 1.82) is 5.41 Å². The van der Waals surface area contributed by atoms with Crippen molar-refractivity contribution in [2.45, 2.75) is 0 Å². The van der Waals surface area contributed by atoms with E-state index in [0.29, 0.717) is 28.5 Å². The molecule has 0 aliphatic heterocycles. The van der Waals surface area contributed by atoms with Crippen LogP contribution in [0, 0.1) is 5.41 Å². The number of methoxy groups -OCH3 is 1. The molecule has 0 spiro atoms. The molecule has 0 fully saturated rings. The Morgan fingerprint density at radius 1 is 1.12 bits per heavy atom. The summed E-state index contributed by atoms with van der Waals surface area (Å²) < 4.78 is 5.22. The van der Waals surface area contributed by atoms with Crippen molar-refractivity contribution < 1.29 is 4.74 Å². The summed E-state index contributed by atoms with van der Waals surface area (Å²) in [6.07, 6.45) is 1.57. The summed E-state index contributed by atoms with van der Waals surface area (Å²) in [5.74, 6) is 1.44. The van der Waals surface area contributed by atoms with Gasteiger partial charge in [0, 0.05) is 28.7 Å². The van der Waals surface area contributed by atoms with Gasteiger partial charge in [0.1, 0.15) is 11.6 Å². The lowest BCUT2D eigenvalue weighted by atomic mass is 10.00. The molecule has 126 valence electrons. The summed E-state index contributed by atoms with van der Waals surface area (Å²) in [4.78, 5) is 7.96. The van der Waals surface area contributed by atoms with Gasteiger partial charge in [-0.15, -0.1) is 0 Å². The van der Waals surface area contributed by atoms with Gasteiger partial charge >= 0.3 is 0 Å². The predicted molar refractivity (Wildman–Crippen MR) is 99.5 cm³/mol. The first-order valence-corrected chi connectivity index (χ1v) is 7.55. The first-order valence-electron chi connectivity index (χ1n) is 7.55. The highest BCUT2D eigenvalue weighted by Gasteiger charge is 2.11. The number of benzene rings is 2. The fourth-order valence-electron chi connectivity index (χ4n) is 2.38. The maximum Gasteiger partial charge on any atom is 0.221 e. The normalized spacial score (nSPS) is 10.3. The molecule has 0 saturated heterocycles. The standard InChI is InChI=1S/C18H18N6O/c1-25-13-4-2-3-11(9-13)17(20)14-10-12(5-6-15(14)19)23-16-7-8-22-18(21)24-16/h2-10,20H,19H2,1H3,(H3,21,22,23,24). The van der Waals surface area contributed by atoms with Crippen LogP contribution in [-0.4, -0.2) is 22.8 Å². The quantitative estimate of drug-likeness (QED) is 0.420. The SMILES string of the molecule is COc1cccc(C(=N)c2cc(Nc3ccnc(N)n3)ccc2N)c1. The van der Waals surface area contributed by atoms with Gasteiger partial charge in [-0.25, -0.2) is 4.98 Å². The van der Waals surface area contributed by atoms with Crippen LogP contribution in [-0.2, 0) is 0 Å². The molecule has 6 N–H and O–H groups in total.